The zero-order valence-corrected chi connectivity index (χ0v) is 14.2. The second kappa shape index (κ2) is 7.08. The van der Waals surface area contributed by atoms with Crippen LogP contribution in [0, 0.1) is 6.92 Å². The second-order valence-corrected chi connectivity index (χ2v) is 7.34. The highest BCUT2D eigenvalue weighted by Crippen LogP contribution is 2.28. The van der Waals surface area contributed by atoms with Gasteiger partial charge in [-0.15, -0.1) is 0 Å². The summed E-state index contributed by atoms with van der Waals surface area (Å²) < 4.78 is 25.6. The second-order valence-electron chi connectivity index (χ2n) is 4.57. The number of rotatable bonds is 6. The summed E-state index contributed by atoms with van der Waals surface area (Å²) in [4.78, 5) is 11.8. The fourth-order valence-electron chi connectivity index (χ4n) is 1.65. The maximum atomic E-state index is 11.9. The number of nitrogens with zero attached hydrogens (tertiary/aromatic N) is 1. The Hall–Kier alpha value is -1.08. The lowest BCUT2D eigenvalue weighted by molar-refractivity contribution is -0.119. The molecule has 1 rings (SSSR count). The van der Waals surface area contributed by atoms with Gasteiger partial charge in [-0.05, 0) is 47.0 Å². The molecule has 7 heteroatoms. The van der Waals surface area contributed by atoms with Crippen molar-refractivity contribution in [1.82, 2.24) is 5.32 Å². The van der Waals surface area contributed by atoms with Gasteiger partial charge in [0, 0.05) is 11.0 Å². The zero-order valence-electron chi connectivity index (χ0n) is 11.8. The predicted octanol–water partition coefficient (Wildman–Crippen LogP) is 2.05. The molecule has 20 heavy (non-hydrogen) atoms. The summed E-state index contributed by atoms with van der Waals surface area (Å²) in [6.45, 7) is 4.16. The van der Waals surface area contributed by atoms with E-state index in [1.807, 2.05) is 26.0 Å². The average molecular weight is 363 g/mol. The Kier molecular flexibility index (Phi) is 6.01. The molecule has 0 aliphatic carbocycles. The van der Waals surface area contributed by atoms with E-state index >= 15 is 0 Å². The molecule has 112 valence electrons. The first kappa shape index (κ1) is 17.0. The molecule has 1 aromatic carbocycles. The van der Waals surface area contributed by atoms with Crippen LogP contribution in [0.2, 0.25) is 0 Å². The molecule has 0 aliphatic heterocycles. The molecule has 0 atom stereocenters. The van der Waals surface area contributed by atoms with Crippen LogP contribution in [-0.4, -0.2) is 33.7 Å². The minimum absolute atomic E-state index is 0.222. The highest BCUT2D eigenvalue weighted by Gasteiger charge is 2.22. The van der Waals surface area contributed by atoms with Gasteiger partial charge in [0.2, 0.25) is 15.9 Å². The summed E-state index contributed by atoms with van der Waals surface area (Å²) in [5.74, 6) is -0.315. The molecule has 0 saturated carbocycles. The summed E-state index contributed by atoms with van der Waals surface area (Å²) in [6.07, 6.45) is 1.89. The van der Waals surface area contributed by atoms with Gasteiger partial charge in [0.25, 0.3) is 0 Å². The smallest absolute Gasteiger partial charge is 0.240 e. The number of aryl methyl sites for hydroxylation is 1. The number of halogens is 1. The van der Waals surface area contributed by atoms with Crippen molar-refractivity contribution in [2.24, 2.45) is 0 Å². The maximum Gasteiger partial charge on any atom is 0.240 e. The minimum atomic E-state index is -3.53. The third kappa shape index (κ3) is 4.79. The molecule has 1 aromatic rings. The van der Waals surface area contributed by atoms with Gasteiger partial charge < -0.3 is 5.32 Å². The van der Waals surface area contributed by atoms with E-state index in [1.54, 1.807) is 6.07 Å². The molecule has 0 aliphatic rings. The van der Waals surface area contributed by atoms with Crippen LogP contribution < -0.4 is 9.62 Å². The molecular formula is C13H19BrN2O3S. The summed E-state index contributed by atoms with van der Waals surface area (Å²) in [7, 11) is -3.53. The molecule has 0 unspecified atom stereocenters. The lowest BCUT2D eigenvalue weighted by Gasteiger charge is -2.23. The molecule has 0 spiro atoms. The number of benzene rings is 1. The Balaban J connectivity index is 3.05. The monoisotopic (exact) mass is 362 g/mol. The Morgan fingerprint density at radius 1 is 1.40 bits per heavy atom. The Labute approximate surface area is 128 Å². The number of sulfonamides is 1. The first-order valence-electron chi connectivity index (χ1n) is 6.26. The Morgan fingerprint density at radius 2 is 2.05 bits per heavy atom. The van der Waals surface area contributed by atoms with E-state index in [9.17, 15) is 13.2 Å². The maximum absolute atomic E-state index is 11.9. The van der Waals surface area contributed by atoms with Gasteiger partial charge in [-0.25, -0.2) is 8.42 Å². The third-order valence-electron chi connectivity index (χ3n) is 2.63. The molecule has 0 saturated heterocycles. The van der Waals surface area contributed by atoms with E-state index in [1.165, 1.54) is 0 Å². The number of hydrogen-bond acceptors (Lipinski definition) is 3. The van der Waals surface area contributed by atoms with Crippen LogP contribution in [0.25, 0.3) is 0 Å². The predicted molar refractivity (Wildman–Crippen MR) is 84.4 cm³/mol. The number of carbonyl (C=O) groups is 1. The molecule has 5 nitrogen and oxygen atoms in total. The normalized spacial score (nSPS) is 11.2. The minimum Gasteiger partial charge on any atom is -0.355 e. The van der Waals surface area contributed by atoms with Gasteiger partial charge in [-0.1, -0.05) is 13.0 Å². The van der Waals surface area contributed by atoms with E-state index in [2.05, 4.69) is 21.2 Å². The molecule has 0 fully saturated rings. The van der Waals surface area contributed by atoms with Gasteiger partial charge in [-0.2, -0.15) is 0 Å². The lowest BCUT2D eigenvalue weighted by Crippen LogP contribution is -2.40. The van der Waals surface area contributed by atoms with Gasteiger partial charge in [0.05, 0.1) is 11.9 Å². The van der Waals surface area contributed by atoms with Crippen LogP contribution in [0.15, 0.2) is 22.7 Å². The summed E-state index contributed by atoms with van der Waals surface area (Å²) in [5.41, 5.74) is 1.47. The molecule has 0 bridgehead atoms. The fourth-order valence-corrected chi connectivity index (χ4v) is 3.34. The zero-order chi connectivity index (χ0) is 15.3. The van der Waals surface area contributed by atoms with Crippen LogP contribution in [0.3, 0.4) is 0 Å². The average Bonchev–Trinajstić information content (AvgIpc) is 2.33. The van der Waals surface area contributed by atoms with Crippen molar-refractivity contribution in [3.63, 3.8) is 0 Å². The molecule has 0 aromatic heterocycles. The number of carbonyl (C=O) groups excluding carboxylic acids is 1. The van der Waals surface area contributed by atoms with Gasteiger partial charge in [0.1, 0.15) is 6.54 Å². The van der Waals surface area contributed by atoms with Gasteiger partial charge >= 0.3 is 0 Å². The van der Waals surface area contributed by atoms with Crippen molar-refractivity contribution < 1.29 is 13.2 Å². The molecular weight excluding hydrogens is 344 g/mol. The standard InChI is InChI=1S/C13H19BrN2O3S/c1-4-7-15-13(17)9-16(20(3,18)19)12-6-5-10(2)8-11(12)14/h5-6,8H,4,7,9H2,1-3H3,(H,15,17). The van der Waals surface area contributed by atoms with Crippen LogP contribution >= 0.6 is 15.9 Å². The number of hydrogen-bond donors (Lipinski definition) is 1. The van der Waals surface area contributed by atoms with E-state index in [0.717, 1.165) is 22.5 Å². The highest BCUT2D eigenvalue weighted by atomic mass is 79.9. The van der Waals surface area contributed by atoms with E-state index in [-0.39, 0.29) is 12.5 Å². The largest absolute Gasteiger partial charge is 0.355 e. The summed E-state index contributed by atoms with van der Waals surface area (Å²) in [6, 6.07) is 5.31. The van der Waals surface area contributed by atoms with Crippen LogP contribution in [0.5, 0.6) is 0 Å². The SMILES string of the molecule is CCCNC(=O)CN(c1ccc(C)cc1Br)S(C)(=O)=O. The third-order valence-corrected chi connectivity index (χ3v) is 4.39. The van der Waals surface area contributed by atoms with Gasteiger partial charge in [-0.3, -0.25) is 9.10 Å². The summed E-state index contributed by atoms with van der Waals surface area (Å²) in [5, 5.41) is 2.68. The number of nitrogens with one attached hydrogen (secondary N) is 1. The lowest BCUT2D eigenvalue weighted by atomic mass is 10.2. The molecule has 0 heterocycles. The van der Waals surface area contributed by atoms with E-state index < -0.39 is 10.0 Å². The molecule has 1 N–H and O–H groups in total. The molecule has 0 radical (unpaired) electrons. The quantitative estimate of drug-likeness (QED) is 0.841. The van der Waals surface area contributed by atoms with Crippen molar-refractivity contribution in [2.45, 2.75) is 20.3 Å². The van der Waals surface area contributed by atoms with Crippen molar-refractivity contribution >= 4 is 37.5 Å². The Bertz CT molecular complexity index is 587. The van der Waals surface area contributed by atoms with Crippen molar-refractivity contribution in [1.29, 1.82) is 0 Å². The van der Waals surface area contributed by atoms with E-state index in [0.29, 0.717) is 16.7 Å². The van der Waals surface area contributed by atoms with Crippen molar-refractivity contribution in [3.05, 3.63) is 28.2 Å². The summed E-state index contributed by atoms with van der Waals surface area (Å²) >= 11 is 3.34. The van der Waals surface area contributed by atoms with Crippen molar-refractivity contribution in [2.75, 3.05) is 23.7 Å². The highest BCUT2D eigenvalue weighted by molar-refractivity contribution is 9.10. The van der Waals surface area contributed by atoms with E-state index in [4.69, 9.17) is 0 Å². The topological polar surface area (TPSA) is 66.5 Å². The fraction of sp³-hybridized carbons (Fsp3) is 0.462. The number of anilines is 1. The van der Waals surface area contributed by atoms with Crippen LogP contribution in [0.4, 0.5) is 5.69 Å². The van der Waals surface area contributed by atoms with Crippen LogP contribution in [-0.2, 0) is 14.8 Å². The van der Waals surface area contributed by atoms with Crippen molar-refractivity contribution in [3.8, 4) is 0 Å². The molecule has 1 amide bonds. The Morgan fingerprint density at radius 3 is 2.55 bits per heavy atom. The van der Waals surface area contributed by atoms with Gasteiger partial charge in [0.15, 0.2) is 0 Å². The first-order valence-corrected chi connectivity index (χ1v) is 8.90. The number of amides is 1. The van der Waals surface area contributed by atoms with Crippen LogP contribution in [0.1, 0.15) is 18.9 Å². The first-order chi connectivity index (χ1) is 9.25.